The Morgan fingerprint density at radius 3 is 2.30 bits per heavy atom. The average Bonchev–Trinajstić information content (AvgIpc) is 1.82. The Hall–Kier alpha value is 0.400. The molecule has 0 rings (SSSR count). The predicted octanol–water partition coefficient (Wildman–Crippen LogP) is 0.675. The molecule has 0 spiro atoms. The Balaban J connectivity index is -0.000000107. The van der Waals surface area contributed by atoms with Gasteiger partial charge in [0, 0.05) is 6.42 Å². The molecule has 4 heteroatoms. The smallest absolute Gasteiger partial charge is 1.00 e. The molecule has 0 aliphatic carbocycles. The molecule has 0 bridgehead atoms. The summed E-state index contributed by atoms with van der Waals surface area (Å²) in [7, 11) is 0. The topological polar surface area (TPSA) is 54.4 Å². The van der Waals surface area contributed by atoms with Gasteiger partial charge >= 0.3 is 43.7 Å². The second kappa shape index (κ2) is 7.51. The molecule has 56 valence electrons. The molecule has 0 unspecified atom stereocenters. The Kier molecular flexibility index (Phi) is 9.78. The molecule has 0 saturated carbocycles. The second-order valence-electron chi connectivity index (χ2n) is 1.83. The summed E-state index contributed by atoms with van der Waals surface area (Å²) in [6.07, 6.45) is 1.70. The summed E-state index contributed by atoms with van der Waals surface area (Å²) in [6, 6.07) is 0. The van der Waals surface area contributed by atoms with Crippen molar-refractivity contribution < 1.29 is 17.5 Å². The molecule has 0 aromatic rings. The molecule has 0 aliphatic heterocycles. The minimum atomic E-state index is -1.32. The zero-order chi connectivity index (χ0) is 7.28. The third kappa shape index (κ3) is 6.52. The van der Waals surface area contributed by atoms with Crippen molar-refractivity contribution in [2.75, 3.05) is 0 Å². The number of carboxylic acids is 1. The summed E-state index contributed by atoms with van der Waals surface area (Å²) in [5.41, 5.74) is 0. The number of carboxylic acid groups (broad SMARTS) is 1. The third-order valence-electron chi connectivity index (χ3n) is 0.996. The van der Waals surface area contributed by atoms with E-state index in [1.807, 2.05) is 6.92 Å². The van der Waals surface area contributed by atoms with Gasteiger partial charge in [-0.15, -0.1) is 0 Å². The second-order valence-corrected chi connectivity index (χ2v) is 1.83. The first-order valence-corrected chi connectivity index (χ1v) is 2.94. The van der Waals surface area contributed by atoms with Crippen molar-refractivity contribution in [2.45, 2.75) is 26.2 Å². The van der Waals surface area contributed by atoms with Gasteiger partial charge in [0.15, 0.2) is 0 Å². The van der Waals surface area contributed by atoms with Crippen LogP contribution in [0.5, 0.6) is 0 Å². The number of hydrogen-bond acceptors (Lipinski definition) is 2. The summed E-state index contributed by atoms with van der Waals surface area (Å²) in [4.78, 5) is 20.2. The van der Waals surface area contributed by atoms with Crippen LogP contribution in [0.3, 0.4) is 0 Å². The molecule has 0 radical (unpaired) electrons. The van der Waals surface area contributed by atoms with Crippen molar-refractivity contribution >= 4 is 49.5 Å². The van der Waals surface area contributed by atoms with Gasteiger partial charge in [0.2, 0.25) is 5.78 Å². The van der Waals surface area contributed by atoms with E-state index in [4.69, 9.17) is 5.11 Å². The fourth-order valence-electron chi connectivity index (χ4n) is 0.444. The number of ketones is 1. The standard InChI is InChI=1S/C6H10O3.Ca.2H/c1-2-3-4-5(7)6(8)9;;;/h2-4H2,1H3,(H,8,9);;;/q;+2;2*-1. The summed E-state index contributed by atoms with van der Waals surface area (Å²) in [5, 5.41) is 8.06. The fourth-order valence-corrected chi connectivity index (χ4v) is 0.444. The number of unbranched alkanes of at least 4 members (excludes halogenated alkanes) is 1. The quantitative estimate of drug-likeness (QED) is 0.501. The molecule has 0 amide bonds. The summed E-state index contributed by atoms with van der Waals surface area (Å²) >= 11 is 0. The summed E-state index contributed by atoms with van der Waals surface area (Å²) < 4.78 is 0. The number of Topliss-reactive ketones (excluding diaryl/α,β-unsaturated/α-hetero) is 1. The summed E-state index contributed by atoms with van der Waals surface area (Å²) in [6.45, 7) is 1.91. The normalized spacial score (nSPS) is 8.10. The number of carbonyl (C=O) groups excluding carboxylic acids is 1. The summed E-state index contributed by atoms with van der Waals surface area (Å²) in [5.74, 6) is -2.00. The molecule has 0 aliphatic rings. The Morgan fingerprint density at radius 1 is 1.50 bits per heavy atom. The van der Waals surface area contributed by atoms with Crippen LogP contribution >= 0.6 is 0 Å². The molecule has 0 aromatic carbocycles. The van der Waals surface area contributed by atoms with Gasteiger partial charge in [-0.1, -0.05) is 13.3 Å². The van der Waals surface area contributed by atoms with Crippen LogP contribution in [0.1, 0.15) is 29.0 Å². The SMILES string of the molecule is CCCCC(=O)C(=O)O.[Ca+2].[H-].[H-]. The van der Waals surface area contributed by atoms with Gasteiger partial charge in [-0.05, 0) is 6.42 Å². The molecule has 10 heavy (non-hydrogen) atoms. The van der Waals surface area contributed by atoms with E-state index >= 15 is 0 Å². The maximum atomic E-state index is 10.3. The minimum absolute atomic E-state index is 0. The Bertz CT molecular complexity index is 130. The zero-order valence-electron chi connectivity index (χ0n) is 8.09. The molecule has 0 fully saturated rings. The largest absolute Gasteiger partial charge is 2.00 e. The maximum Gasteiger partial charge on any atom is 2.00 e. The fraction of sp³-hybridized carbons (Fsp3) is 0.667. The first kappa shape index (κ1) is 13.0. The van der Waals surface area contributed by atoms with Gasteiger partial charge in [0.1, 0.15) is 0 Å². The molecule has 0 heterocycles. The first-order valence-electron chi connectivity index (χ1n) is 2.94. The van der Waals surface area contributed by atoms with Gasteiger partial charge in [0.25, 0.3) is 0 Å². The van der Waals surface area contributed by atoms with Crippen LogP contribution < -0.4 is 0 Å². The molecule has 1 N–H and O–H groups in total. The Labute approximate surface area is 92.8 Å². The first-order chi connectivity index (χ1) is 4.18. The number of hydrogen-bond donors (Lipinski definition) is 1. The number of carbonyl (C=O) groups is 2. The molecule has 0 aromatic heterocycles. The van der Waals surface area contributed by atoms with E-state index in [0.717, 1.165) is 6.42 Å². The Morgan fingerprint density at radius 2 is 2.00 bits per heavy atom. The molecular formula is C6H12CaO3. The van der Waals surface area contributed by atoms with E-state index in [1.165, 1.54) is 0 Å². The van der Waals surface area contributed by atoms with Crippen molar-refractivity contribution in [3.63, 3.8) is 0 Å². The van der Waals surface area contributed by atoms with E-state index < -0.39 is 11.8 Å². The van der Waals surface area contributed by atoms with Crippen molar-refractivity contribution in [2.24, 2.45) is 0 Å². The van der Waals surface area contributed by atoms with Gasteiger partial charge in [-0.3, -0.25) is 4.79 Å². The van der Waals surface area contributed by atoms with Crippen molar-refractivity contribution in [3.05, 3.63) is 0 Å². The van der Waals surface area contributed by atoms with Gasteiger partial charge < -0.3 is 7.96 Å². The van der Waals surface area contributed by atoms with E-state index in [0.29, 0.717) is 6.42 Å². The van der Waals surface area contributed by atoms with Crippen LogP contribution in [0.25, 0.3) is 0 Å². The van der Waals surface area contributed by atoms with Crippen LogP contribution in [0.2, 0.25) is 0 Å². The third-order valence-corrected chi connectivity index (χ3v) is 0.996. The van der Waals surface area contributed by atoms with E-state index in [9.17, 15) is 9.59 Å². The number of rotatable bonds is 4. The van der Waals surface area contributed by atoms with Crippen LogP contribution in [0.15, 0.2) is 0 Å². The average molecular weight is 172 g/mol. The van der Waals surface area contributed by atoms with Crippen LogP contribution in [0, 0.1) is 0 Å². The van der Waals surface area contributed by atoms with Gasteiger partial charge in [-0.2, -0.15) is 0 Å². The van der Waals surface area contributed by atoms with Gasteiger partial charge in [-0.25, -0.2) is 4.79 Å². The van der Waals surface area contributed by atoms with Crippen LogP contribution in [-0.4, -0.2) is 54.6 Å². The molecule has 3 nitrogen and oxygen atoms in total. The molecular weight excluding hydrogens is 160 g/mol. The van der Waals surface area contributed by atoms with Crippen molar-refractivity contribution in [1.82, 2.24) is 0 Å². The van der Waals surface area contributed by atoms with E-state index in [1.54, 1.807) is 0 Å². The minimum Gasteiger partial charge on any atom is -1.00 e. The monoisotopic (exact) mass is 172 g/mol. The van der Waals surface area contributed by atoms with Crippen LogP contribution in [-0.2, 0) is 9.59 Å². The van der Waals surface area contributed by atoms with Crippen LogP contribution in [0.4, 0.5) is 0 Å². The van der Waals surface area contributed by atoms with E-state index in [2.05, 4.69) is 0 Å². The predicted molar refractivity (Wildman–Crippen MR) is 40.1 cm³/mol. The zero-order valence-corrected chi connectivity index (χ0v) is 8.30. The van der Waals surface area contributed by atoms with Crippen molar-refractivity contribution in [1.29, 1.82) is 0 Å². The molecule has 0 saturated heterocycles. The van der Waals surface area contributed by atoms with E-state index in [-0.39, 0.29) is 47.0 Å². The van der Waals surface area contributed by atoms with Gasteiger partial charge in [0.05, 0.1) is 0 Å². The maximum absolute atomic E-state index is 10.3. The molecule has 0 atom stereocenters. The van der Waals surface area contributed by atoms with Crippen molar-refractivity contribution in [3.8, 4) is 0 Å². The number of aliphatic carboxylic acids is 1.